The van der Waals surface area contributed by atoms with Gasteiger partial charge in [-0.25, -0.2) is 9.13 Å². The zero-order valence-corrected chi connectivity index (χ0v) is 59.0. The summed E-state index contributed by atoms with van der Waals surface area (Å²) in [5.74, 6) is 0.146. The van der Waals surface area contributed by atoms with Crippen LogP contribution in [0.4, 0.5) is 0 Å². The predicted octanol–water partition coefficient (Wildman–Crippen LogP) is 19.5. The van der Waals surface area contributed by atoms with Crippen LogP contribution in [-0.2, 0) is 65.4 Å². The summed E-state index contributed by atoms with van der Waals surface area (Å²) in [5, 5.41) is 10.6. The highest BCUT2D eigenvalue weighted by Crippen LogP contribution is 2.45. The molecule has 0 amide bonds. The van der Waals surface area contributed by atoms with Gasteiger partial charge in [0.05, 0.1) is 26.4 Å². The van der Waals surface area contributed by atoms with Crippen molar-refractivity contribution in [3.63, 3.8) is 0 Å². The molecule has 0 rings (SSSR count). The Bertz CT molecular complexity index is 1740. The fourth-order valence-corrected chi connectivity index (χ4v) is 11.9. The summed E-state index contributed by atoms with van der Waals surface area (Å²) in [4.78, 5) is 72.5. The molecule has 0 aromatic carbocycles. The second-order valence-corrected chi connectivity index (χ2v) is 28.8. The van der Waals surface area contributed by atoms with Crippen LogP contribution in [0.1, 0.15) is 344 Å². The Morgan fingerprint density at radius 2 is 0.580 bits per heavy atom. The number of aliphatic hydroxyl groups is 1. The molecule has 4 unspecified atom stereocenters. The normalized spacial score (nSPS) is 14.9. The molecule has 0 aliphatic rings. The Balaban J connectivity index is 5.27. The Kier molecular flexibility index (Phi) is 58.7. The Labute approximate surface area is 537 Å². The van der Waals surface area contributed by atoms with Crippen molar-refractivity contribution in [3.8, 4) is 0 Å². The molecule has 0 saturated heterocycles. The number of rotatable bonds is 67. The van der Waals surface area contributed by atoms with Crippen LogP contribution in [0.15, 0.2) is 0 Å². The summed E-state index contributed by atoms with van der Waals surface area (Å²) in [6.07, 6.45) is 42.9. The minimum Gasteiger partial charge on any atom is -0.462 e. The lowest BCUT2D eigenvalue weighted by molar-refractivity contribution is -0.161. The lowest BCUT2D eigenvalue weighted by atomic mass is 9.99. The number of hydrogen-bond donors (Lipinski definition) is 3. The molecule has 0 fully saturated rings. The molecule has 522 valence electrons. The monoisotopic (exact) mass is 1300 g/mol. The van der Waals surface area contributed by atoms with E-state index in [4.69, 9.17) is 37.0 Å². The number of phosphoric ester groups is 2. The van der Waals surface area contributed by atoms with Crippen molar-refractivity contribution in [1.82, 2.24) is 0 Å². The topological polar surface area (TPSA) is 237 Å². The number of ether oxygens (including phenoxy) is 4. The molecule has 88 heavy (non-hydrogen) atoms. The first-order chi connectivity index (χ1) is 42.3. The summed E-state index contributed by atoms with van der Waals surface area (Å²) < 4.78 is 68.2. The van der Waals surface area contributed by atoms with Crippen LogP contribution in [-0.4, -0.2) is 96.7 Å². The Hall–Kier alpha value is -1.94. The molecule has 0 aliphatic heterocycles. The van der Waals surface area contributed by atoms with Gasteiger partial charge < -0.3 is 33.8 Å². The summed E-state index contributed by atoms with van der Waals surface area (Å²) >= 11 is 0. The number of carbonyl (C=O) groups is 4. The minimum atomic E-state index is -4.95. The number of phosphoric acid groups is 2. The summed E-state index contributed by atoms with van der Waals surface area (Å²) in [6, 6.07) is 0. The molecule has 7 atom stereocenters. The average molecular weight is 1300 g/mol. The second-order valence-electron chi connectivity index (χ2n) is 25.9. The number of unbranched alkanes of at least 4 members (excludes halogenated alkanes) is 33. The van der Waals surface area contributed by atoms with E-state index >= 15 is 0 Å². The first-order valence-electron chi connectivity index (χ1n) is 35.9. The van der Waals surface area contributed by atoms with Crippen molar-refractivity contribution in [2.45, 2.75) is 362 Å². The Morgan fingerprint density at radius 1 is 0.330 bits per heavy atom. The van der Waals surface area contributed by atoms with E-state index in [0.717, 1.165) is 114 Å². The third-order valence-corrected chi connectivity index (χ3v) is 18.5. The maximum absolute atomic E-state index is 13.0. The smallest absolute Gasteiger partial charge is 0.462 e. The lowest BCUT2D eigenvalue weighted by Crippen LogP contribution is -2.30. The summed E-state index contributed by atoms with van der Waals surface area (Å²) in [6.45, 7) is 11.8. The fraction of sp³-hybridized carbons (Fsp3) is 0.942. The highest BCUT2D eigenvalue weighted by molar-refractivity contribution is 7.47. The van der Waals surface area contributed by atoms with Crippen molar-refractivity contribution in [2.24, 2.45) is 17.8 Å². The predicted molar refractivity (Wildman–Crippen MR) is 354 cm³/mol. The highest BCUT2D eigenvalue weighted by atomic mass is 31.2. The zero-order valence-electron chi connectivity index (χ0n) is 57.2. The Morgan fingerprint density at radius 3 is 0.864 bits per heavy atom. The van der Waals surface area contributed by atoms with Crippen molar-refractivity contribution in [1.29, 1.82) is 0 Å². The number of carbonyl (C=O) groups excluding carboxylic acids is 4. The van der Waals surface area contributed by atoms with Gasteiger partial charge in [0.2, 0.25) is 0 Å². The van der Waals surface area contributed by atoms with Crippen molar-refractivity contribution < 1.29 is 80.2 Å². The first kappa shape index (κ1) is 86.1. The van der Waals surface area contributed by atoms with Crippen LogP contribution in [0.3, 0.4) is 0 Å². The van der Waals surface area contributed by atoms with Gasteiger partial charge in [0, 0.05) is 25.7 Å². The van der Waals surface area contributed by atoms with E-state index in [1.165, 1.54) is 148 Å². The second kappa shape index (κ2) is 60.0. The molecule has 17 nitrogen and oxygen atoms in total. The van der Waals surface area contributed by atoms with Crippen molar-refractivity contribution in [3.05, 3.63) is 0 Å². The molecule has 0 radical (unpaired) electrons. The van der Waals surface area contributed by atoms with Crippen molar-refractivity contribution >= 4 is 39.5 Å². The third-order valence-electron chi connectivity index (χ3n) is 16.6. The van der Waals surface area contributed by atoms with Crippen LogP contribution in [0.5, 0.6) is 0 Å². The van der Waals surface area contributed by atoms with Gasteiger partial charge in [0.1, 0.15) is 19.3 Å². The van der Waals surface area contributed by atoms with Gasteiger partial charge in [-0.15, -0.1) is 0 Å². The summed E-state index contributed by atoms with van der Waals surface area (Å²) in [7, 11) is -9.90. The maximum atomic E-state index is 13.0. The molecule has 0 aliphatic carbocycles. The van der Waals surface area contributed by atoms with Crippen LogP contribution >= 0.6 is 15.6 Å². The standard InChI is InChI=1S/C69H134O17P2/c1-8-11-12-13-14-15-16-19-22-29-38-45-52-68(73)86-65(57-80-67(72)51-44-37-32-31-35-42-49-62(7)10-3)59-84-88(77,78)82-55-63(70)54-81-87(75,76)83-58-64(56-79-66(71)50-43-36-28-25-24-27-34-41-48-61(6)9-2)85-69(74)53-46-39-30-23-20-17-18-21-26-33-40-47-60(4)5/h60-65,70H,8-59H2,1-7H3,(H,75,76)(H,77,78)/t61?,62?,63-,64-,65-/m1/s1. The fourth-order valence-electron chi connectivity index (χ4n) is 10.3. The molecule has 0 heterocycles. The van der Waals surface area contributed by atoms with Gasteiger partial charge >= 0.3 is 39.5 Å². The van der Waals surface area contributed by atoms with E-state index in [9.17, 15) is 43.2 Å². The molecule has 3 N–H and O–H groups in total. The highest BCUT2D eigenvalue weighted by Gasteiger charge is 2.30. The molecule has 0 aromatic heterocycles. The van der Waals surface area contributed by atoms with Crippen molar-refractivity contribution in [2.75, 3.05) is 39.6 Å². The first-order valence-corrected chi connectivity index (χ1v) is 38.9. The third kappa shape index (κ3) is 60.3. The SMILES string of the molecule is CCCCCCCCCCCCCCC(=O)O[C@H](COC(=O)CCCCCCCCC(C)CC)COP(=O)(O)OC[C@H](O)COP(=O)(O)OC[C@@H](COC(=O)CCCCCCCCCCC(C)CC)OC(=O)CCCCCCCCCCCCCC(C)C. The number of aliphatic hydroxyl groups excluding tert-OH is 1. The quantitative estimate of drug-likeness (QED) is 0.0222. The van der Waals surface area contributed by atoms with E-state index in [-0.39, 0.29) is 25.7 Å². The molecule has 0 aromatic rings. The van der Waals surface area contributed by atoms with Gasteiger partial charge in [0.25, 0.3) is 0 Å². The van der Waals surface area contributed by atoms with E-state index in [1.807, 2.05) is 0 Å². The van der Waals surface area contributed by atoms with Crippen LogP contribution in [0.25, 0.3) is 0 Å². The van der Waals surface area contributed by atoms with E-state index < -0.39 is 97.5 Å². The van der Waals surface area contributed by atoms with Gasteiger partial charge in [-0.3, -0.25) is 37.3 Å². The largest absolute Gasteiger partial charge is 0.472 e. The lowest BCUT2D eigenvalue weighted by Gasteiger charge is -2.21. The maximum Gasteiger partial charge on any atom is 0.472 e. The van der Waals surface area contributed by atoms with E-state index in [0.29, 0.717) is 25.7 Å². The molecule has 0 saturated carbocycles. The van der Waals surface area contributed by atoms with E-state index in [1.54, 1.807) is 0 Å². The average Bonchev–Trinajstić information content (AvgIpc) is 3.54. The zero-order chi connectivity index (χ0) is 65.2. The van der Waals surface area contributed by atoms with Gasteiger partial charge in [-0.1, -0.05) is 292 Å². The van der Waals surface area contributed by atoms with Crippen LogP contribution < -0.4 is 0 Å². The number of hydrogen-bond acceptors (Lipinski definition) is 15. The summed E-state index contributed by atoms with van der Waals surface area (Å²) in [5.41, 5.74) is 0. The molecular formula is C69H134O17P2. The molecular weight excluding hydrogens is 1160 g/mol. The van der Waals surface area contributed by atoms with Gasteiger partial charge in [-0.05, 0) is 43.4 Å². The molecule has 0 bridgehead atoms. The molecule has 0 spiro atoms. The minimum absolute atomic E-state index is 0.106. The number of esters is 4. The van der Waals surface area contributed by atoms with Crippen LogP contribution in [0.2, 0.25) is 0 Å². The van der Waals surface area contributed by atoms with Gasteiger partial charge in [0.15, 0.2) is 12.2 Å². The molecule has 19 heteroatoms. The van der Waals surface area contributed by atoms with Crippen LogP contribution in [0, 0.1) is 17.8 Å². The van der Waals surface area contributed by atoms with Gasteiger partial charge in [-0.2, -0.15) is 0 Å². The van der Waals surface area contributed by atoms with E-state index in [2.05, 4.69) is 48.5 Å².